The minimum Gasteiger partial charge on any atom is -0.495 e. The van der Waals surface area contributed by atoms with Gasteiger partial charge in [0.15, 0.2) is 11.5 Å². The fourth-order valence-electron chi connectivity index (χ4n) is 3.90. The maximum atomic E-state index is 13.4. The van der Waals surface area contributed by atoms with Crippen LogP contribution in [0.3, 0.4) is 0 Å². The van der Waals surface area contributed by atoms with Gasteiger partial charge in [-0.3, -0.25) is 4.79 Å². The van der Waals surface area contributed by atoms with E-state index in [0.717, 1.165) is 36.3 Å². The third kappa shape index (κ3) is 3.88. The summed E-state index contributed by atoms with van der Waals surface area (Å²) < 4.78 is 23.1. The fraction of sp³-hybridized carbons (Fsp3) is 0.409. The van der Waals surface area contributed by atoms with E-state index in [2.05, 4.69) is 15.9 Å². The molecule has 154 valence electrons. The summed E-state index contributed by atoms with van der Waals surface area (Å²) in [6.45, 7) is 2.01. The molecule has 4 rings (SSSR count). The van der Waals surface area contributed by atoms with Crippen molar-refractivity contribution in [3.63, 3.8) is 0 Å². The predicted octanol–water partition coefficient (Wildman–Crippen LogP) is 4.60. The Morgan fingerprint density at radius 1 is 1.03 bits per heavy atom. The Hall–Kier alpha value is -2.41. The van der Waals surface area contributed by atoms with Gasteiger partial charge in [0.25, 0.3) is 5.91 Å². The molecule has 1 fully saturated rings. The molecule has 1 atom stereocenters. The van der Waals surface area contributed by atoms with E-state index in [-0.39, 0.29) is 11.9 Å². The van der Waals surface area contributed by atoms with E-state index in [1.165, 1.54) is 0 Å². The van der Waals surface area contributed by atoms with Crippen molar-refractivity contribution in [1.82, 2.24) is 4.90 Å². The average Bonchev–Trinajstić information content (AvgIpc) is 3.12. The second-order valence-electron chi connectivity index (χ2n) is 7.11. The van der Waals surface area contributed by atoms with Gasteiger partial charge in [-0.05, 0) is 58.6 Å². The van der Waals surface area contributed by atoms with Crippen LogP contribution < -0.4 is 18.9 Å². The number of methoxy groups -OCH3 is 2. The van der Waals surface area contributed by atoms with Crippen molar-refractivity contribution >= 4 is 21.8 Å². The number of halogens is 1. The van der Waals surface area contributed by atoms with Crippen molar-refractivity contribution in [3.05, 3.63) is 45.9 Å². The van der Waals surface area contributed by atoms with Crippen LogP contribution in [0.15, 0.2) is 34.8 Å². The van der Waals surface area contributed by atoms with Gasteiger partial charge in [0.2, 0.25) is 0 Å². The lowest BCUT2D eigenvalue weighted by Crippen LogP contribution is -2.30. The highest BCUT2D eigenvalue weighted by atomic mass is 79.9. The maximum Gasteiger partial charge on any atom is 0.254 e. The van der Waals surface area contributed by atoms with Gasteiger partial charge in [-0.15, -0.1) is 0 Å². The molecule has 1 unspecified atom stereocenters. The highest BCUT2D eigenvalue weighted by molar-refractivity contribution is 9.10. The van der Waals surface area contributed by atoms with Crippen LogP contribution in [-0.2, 0) is 0 Å². The van der Waals surface area contributed by atoms with Gasteiger partial charge in [0, 0.05) is 18.5 Å². The number of fused-ring (bicyclic) bond motifs is 1. The summed E-state index contributed by atoms with van der Waals surface area (Å²) >= 11 is 3.46. The molecule has 2 heterocycles. The Morgan fingerprint density at radius 3 is 2.41 bits per heavy atom. The minimum absolute atomic E-state index is 0.000268. The topological polar surface area (TPSA) is 57.2 Å². The third-order valence-corrected chi connectivity index (χ3v) is 6.14. The SMILES string of the molecule is COc1cc(C(=O)N2CCCC2c2ccc3c(c2)OCCCO3)cc(OC)c1Br. The van der Waals surface area contributed by atoms with Crippen molar-refractivity contribution in [2.24, 2.45) is 0 Å². The van der Waals surface area contributed by atoms with Crippen LogP contribution in [0.2, 0.25) is 0 Å². The quantitative estimate of drug-likeness (QED) is 0.665. The van der Waals surface area contributed by atoms with Crippen LogP contribution in [0.5, 0.6) is 23.0 Å². The van der Waals surface area contributed by atoms with Crippen molar-refractivity contribution in [2.75, 3.05) is 34.0 Å². The number of carbonyl (C=O) groups is 1. The number of rotatable bonds is 4. The number of amides is 1. The Labute approximate surface area is 178 Å². The molecule has 2 aliphatic rings. The standard InChI is InChI=1S/C22H24BrNO5/c1-26-19-12-15(13-20(27-2)21(19)23)22(25)24-8-3-5-16(24)14-6-7-17-18(11-14)29-10-4-9-28-17/h6-7,11-13,16H,3-5,8-10H2,1-2H3. The smallest absolute Gasteiger partial charge is 0.254 e. The van der Waals surface area contributed by atoms with Gasteiger partial charge in [0.05, 0.1) is 33.5 Å². The van der Waals surface area contributed by atoms with Crippen LogP contribution >= 0.6 is 15.9 Å². The first-order chi connectivity index (χ1) is 14.1. The normalized spacial score (nSPS) is 18.3. The van der Waals surface area contributed by atoms with Gasteiger partial charge in [0.1, 0.15) is 16.0 Å². The summed E-state index contributed by atoms with van der Waals surface area (Å²) in [5, 5.41) is 0. The lowest BCUT2D eigenvalue weighted by atomic mass is 10.0. The largest absolute Gasteiger partial charge is 0.495 e. The number of carbonyl (C=O) groups excluding carboxylic acids is 1. The molecule has 0 saturated carbocycles. The molecule has 2 aromatic carbocycles. The van der Waals surface area contributed by atoms with Crippen molar-refractivity contribution in [2.45, 2.75) is 25.3 Å². The lowest BCUT2D eigenvalue weighted by molar-refractivity contribution is 0.0734. The first-order valence-electron chi connectivity index (χ1n) is 9.74. The van der Waals surface area contributed by atoms with E-state index >= 15 is 0 Å². The zero-order valence-corrected chi connectivity index (χ0v) is 18.2. The van der Waals surface area contributed by atoms with E-state index in [1.807, 2.05) is 23.1 Å². The van der Waals surface area contributed by atoms with Crippen LogP contribution in [0.4, 0.5) is 0 Å². The summed E-state index contributed by atoms with van der Waals surface area (Å²) in [4.78, 5) is 15.3. The second-order valence-corrected chi connectivity index (χ2v) is 7.90. The molecular formula is C22H24BrNO5. The summed E-state index contributed by atoms with van der Waals surface area (Å²) in [5.74, 6) is 2.62. The zero-order valence-electron chi connectivity index (χ0n) is 16.6. The summed E-state index contributed by atoms with van der Waals surface area (Å²) in [7, 11) is 3.15. The number of likely N-dealkylation sites (tertiary alicyclic amines) is 1. The van der Waals surface area contributed by atoms with Gasteiger partial charge < -0.3 is 23.8 Å². The molecule has 2 aliphatic heterocycles. The highest BCUT2D eigenvalue weighted by Gasteiger charge is 2.32. The van der Waals surface area contributed by atoms with Crippen molar-refractivity contribution in [1.29, 1.82) is 0 Å². The molecule has 0 spiro atoms. The highest BCUT2D eigenvalue weighted by Crippen LogP contribution is 2.40. The molecule has 1 amide bonds. The van der Waals surface area contributed by atoms with E-state index in [0.29, 0.717) is 41.3 Å². The third-order valence-electron chi connectivity index (χ3n) is 5.36. The Kier molecular flexibility index (Phi) is 5.85. The summed E-state index contributed by atoms with van der Waals surface area (Å²) in [5.41, 5.74) is 1.61. The molecule has 0 N–H and O–H groups in total. The molecule has 0 radical (unpaired) electrons. The number of benzene rings is 2. The summed E-state index contributed by atoms with van der Waals surface area (Å²) in [6, 6.07) is 9.49. The van der Waals surface area contributed by atoms with Crippen LogP contribution in [0, 0.1) is 0 Å². The van der Waals surface area contributed by atoms with E-state index < -0.39 is 0 Å². The van der Waals surface area contributed by atoms with Crippen molar-refractivity contribution in [3.8, 4) is 23.0 Å². The zero-order chi connectivity index (χ0) is 20.4. The fourth-order valence-corrected chi connectivity index (χ4v) is 4.45. The minimum atomic E-state index is -0.0382. The lowest BCUT2D eigenvalue weighted by Gasteiger charge is -2.26. The molecule has 0 aromatic heterocycles. The van der Waals surface area contributed by atoms with Crippen molar-refractivity contribution < 1.29 is 23.7 Å². The van der Waals surface area contributed by atoms with Crippen LogP contribution in [-0.4, -0.2) is 44.8 Å². The van der Waals surface area contributed by atoms with Gasteiger partial charge in [-0.25, -0.2) is 0 Å². The number of ether oxygens (including phenoxy) is 4. The average molecular weight is 462 g/mol. The molecule has 0 bridgehead atoms. The molecule has 7 heteroatoms. The van der Waals surface area contributed by atoms with E-state index in [1.54, 1.807) is 26.4 Å². The Bertz CT molecular complexity index is 891. The first kappa shape index (κ1) is 19.9. The molecule has 6 nitrogen and oxygen atoms in total. The van der Waals surface area contributed by atoms with Gasteiger partial charge in [-0.1, -0.05) is 6.07 Å². The molecule has 0 aliphatic carbocycles. The number of hydrogen-bond acceptors (Lipinski definition) is 5. The Balaban J connectivity index is 1.64. The number of nitrogens with zero attached hydrogens (tertiary/aromatic N) is 1. The monoisotopic (exact) mass is 461 g/mol. The maximum absolute atomic E-state index is 13.4. The molecule has 2 aromatic rings. The Morgan fingerprint density at radius 2 is 1.72 bits per heavy atom. The molecule has 29 heavy (non-hydrogen) atoms. The van der Waals surface area contributed by atoms with Crippen LogP contribution in [0.1, 0.15) is 41.2 Å². The van der Waals surface area contributed by atoms with Gasteiger partial charge >= 0.3 is 0 Å². The van der Waals surface area contributed by atoms with Crippen LogP contribution in [0.25, 0.3) is 0 Å². The van der Waals surface area contributed by atoms with E-state index in [9.17, 15) is 4.79 Å². The first-order valence-corrected chi connectivity index (χ1v) is 10.5. The molecule has 1 saturated heterocycles. The molecular weight excluding hydrogens is 438 g/mol. The van der Waals surface area contributed by atoms with E-state index in [4.69, 9.17) is 18.9 Å². The number of hydrogen-bond donors (Lipinski definition) is 0. The second kappa shape index (κ2) is 8.53. The predicted molar refractivity (Wildman–Crippen MR) is 112 cm³/mol. The summed E-state index contributed by atoms with van der Waals surface area (Å²) in [6.07, 6.45) is 2.73. The van der Waals surface area contributed by atoms with Gasteiger partial charge in [-0.2, -0.15) is 0 Å².